The third kappa shape index (κ3) is 2.79. The van der Waals surface area contributed by atoms with Crippen LogP contribution in [0.1, 0.15) is 43.4 Å². The van der Waals surface area contributed by atoms with Gasteiger partial charge in [-0.25, -0.2) is 9.59 Å². The summed E-state index contributed by atoms with van der Waals surface area (Å²) in [6.07, 6.45) is 2.51. The molecule has 1 aliphatic rings. The van der Waals surface area contributed by atoms with Gasteiger partial charge in [0.2, 0.25) is 0 Å². The molecular formula is C19H22O5. The molecule has 0 fully saturated rings. The molecule has 1 atom stereocenters. The Balaban J connectivity index is 2.02. The summed E-state index contributed by atoms with van der Waals surface area (Å²) >= 11 is 0. The summed E-state index contributed by atoms with van der Waals surface area (Å²) in [4.78, 5) is 24.1. The van der Waals surface area contributed by atoms with Gasteiger partial charge in [-0.2, -0.15) is 0 Å². The molecule has 3 rings (SSSR count). The van der Waals surface area contributed by atoms with Gasteiger partial charge in [-0.1, -0.05) is 6.92 Å². The second-order valence-corrected chi connectivity index (χ2v) is 6.03. The molecule has 0 bridgehead atoms. The normalized spacial score (nSPS) is 14.5. The first kappa shape index (κ1) is 16.6. The molecule has 1 aromatic carbocycles. The summed E-state index contributed by atoms with van der Waals surface area (Å²) in [6, 6.07) is 3.76. The van der Waals surface area contributed by atoms with Crippen LogP contribution in [0.5, 0.6) is 5.75 Å². The Morgan fingerprint density at radius 2 is 2.00 bits per heavy atom. The molecule has 0 N–H and O–H groups in total. The highest BCUT2D eigenvalue weighted by atomic mass is 16.6. The van der Waals surface area contributed by atoms with Crippen molar-refractivity contribution >= 4 is 16.9 Å². The molecule has 1 aromatic heterocycles. The quantitative estimate of drug-likeness (QED) is 0.621. The Morgan fingerprint density at radius 1 is 1.25 bits per heavy atom. The van der Waals surface area contributed by atoms with Crippen molar-refractivity contribution in [1.82, 2.24) is 0 Å². The zero-order valence-corrected chi connectivity index (χ0v) is 14.3. The minimum Gasteiger partial charge on any atom is -0.478 e. The maximum absolute atomic E-state index is 12.2. The third-order valence-corrected chi connectivity index (χ3v) is 4.53. The van der Waals surface area contributed by atoms with Crippen molar-refractivity contribution in [2.75, 3.05) is 6.61 Å². The highest BCUT2D eigenvalue weighted by Crippen LogP contribution is 2.33. The molecule has 0 unspecified atom stereocenters. The van der Waals surface area contributed by atoms with Crippen LogP contribution in [0, 0.1) is 6.92 Å². The fourth-order valence-electron chi connectivity index (χ4n) is 3.28. The van der Waals surface area contributed by atoms with E-state index in [1.807, 2.05) is 26.0 Å². The number of carbonyl (C=O) groups excluding carboxylic acids is 1. The van der Waals surface area contributed by atoms with E-state index < -0.39 is 6.10 Å². The predicted molar refractivity (Wildman–Crippen MR) is 90.6 cm³/mol. The maximum Gasteiger partial charge on any atom is 0.347 e. The first-order valence-electron chi connectivity index (χ1n) is 8.48. The SMILES string of the molecule is CCOC(=O)[C@@H](CC)Oc1ccc2c3c(c(=O)oc2c1C)CCC3. The standard InChI is InChI=1S/C19H22O5/c1-4-15(19(21)22-5-2)23-16-10-9-13-12-7-6-8-14(12)18(20)24-17(13)11(16)3/h9-10,15H,4-8H2,1-3H3/t15-/m1/s1. The summed E-state index contributed by atoms with van der Waals surface area (Å²) in [5, 5.41) is 0.969. The topological polar surface area (TPSA) is 65.7 Å². The minimum atomic E-state index is -0.665. The zero-order chi connectivity index (χ0) is 17.3. The van der Waals surface area contributed by atoms with E-state index in [-0.39, 0.29) is 11.6 Å². The molecule has 128 valence electrons. The van der Waals surface area contributed by atoms with E-state index in [2.05, 4.69) is 0 Å². The molecule has 24 heavy (non-hydrogen) atoms. The third-order valence-electron chi connectivity index (χ3n) is 4.53. The largest absolute Gasteiger partial charge is 0.478 e. The number of hydrogen-bond acceptors (Lipinski definition) is 5. The number of hydrogen-bond donors (Lipinski definition) is 0. The van der Waals surface area contributed by atoms with Crippen LogP contribution < -0.4 is 10.4 Å². The molecule has 0 saturated heterocycles. The van der Waals surface area contributed by atoms with Gasteiger partial charge < -0.3 is 13.9 Å². The lowest BCUT2D eigenvalue weighted by Crippen LogP contribution is -2.29. The molecule has 2 aromatic rings. The molecular weight excluding hydrogens is 308 g/mol. The van der Waals surface area contributed by atoms with Crippen LogP contribution in [0.3, 0.4) is 0 Å². The van der Waals surface area contributed by atoms with E-state index in [0.717, 1.165) is 41.3 Å². The molecule has 5 nitrogen and oxygen atoms in total. The second kappa shape index (κ2) is 6.67. The summed E-state index contributed by atoms with van der Waals surface area (Å²) in [7, 11) is 0. The van der Waals surface area contributed by atoms with Crippen LogP contribution in [0.15, 0.2) is 21.3 Å². The van der Waals surface area contributed by atoms with Gasteiger partial charge >= 0.3 is 11.6 Å². The number of rotatable bonds is 5. The number of fused-ring (bicyclic) bond motifs is 3. The highest BCUT2D eigenvalue weighted by molar-refractivity contribution is 5.86. The minimum absolute atomic E-state index is 0.257. The van der Waals surface area contributed by atoms with Gasteiger partial charge in [0.1, 0.15) is 11.3 Å². The molecule has 5 heteroatoms. The number of carbonyl (C=O) groups is 1. The second-order valence-electron chi connectivity index (χ2n) is 6.03. The van der Waals surface area contributed by atoms with Gasteiger partial charge in [0.25, 0.3) is 0 Å². The van der Waals surface area contributed by atoms with Crippen molar-refractivity contribution in [1.29, 1.82) is 0 Å². The summed E-state index contributed by atoms with van der Waals surface area (Å²) in [5.74, 6) is 0.165. The smallest absolute Gasteiger partial charge is 0.347 e. The van der Waals surface area contributed by atoms with E-state index >= 15 is 0 Å². The van der Waals surface area contributed by atoms with Crippen molar-refractivity contribution < 1.29 is 18.7 Å². The molecule has 1 heterocycles. The van der Waals surface area contributed by atoms with Gasteiger partial charge in [0, 0.05) is 16.5 Å². The Kier molecular flexibility index (Phi) is 4.60. The predicted octanol–water partition coefficient (Wildman–Crippen LogP) is 3.31. The van der Waals surface area contributed by atoms with Gasteiger partial charge in [-0.05, 0) is 57.2 Å². The first-order valence-corrected chi connectivity index (χ1v) is 8.48. The summed E-state index contributed by atoms with van der Waals surface area (Å²) in [6.45, 7) is 5.79. The Labute approximate surface area is 140 Å². The lowest BCUT2D eigenvalue weighted by atomic mass is 10.0. The number of esters is 1. The molecule has 1 aliphatic carbocycles. The van der Waals surface area contributed by atoms with Crippen LogP contribution in [-0.2, 0) is 22.4 Å². The van der Waals surface area contributed by atoms with Gasteiger partial charge in [-0.15, -0.1) is 0 Å². The average molecular weight is 330 g/mol. The van der Waals surface area contributed by atoms with E-state index in [9.17, 15) is 9.59 Å². The average Bonchev–Trinajstić information content (AvgIpc) is 3.06. The molecule has 0 spiro atoms. The lowest BCUT2D eigenvalue weighted by molar-refractivity contribution is -0.151. The van der Waals surface area contributed by atoms with E-state index in [0.29, 0.717) is 24.4 Å². The van der Waals surface area contributed by atoms with Gasteiger partial charge in [0.05, 0.1) is 6.61 Å². The highest BCUT2D eigenvalue weighted by Gasteiger charge is 2.24. The van der Waals surface area contributed by atoms with Crippen LogP contribution in [-0.4, -0.2) is 18.7 Å². The van der Waals surface area contributed by atoms with Crippen LogP contribution in [0.25, 0.3) is 11.0 Å². The Hall–Kier alpha value is -2.30. The number of aryl methyl sites for hydroxylation is 2. The molecule has 0 saturated carbocycles. The van der Waals surface area contributed by atoms with Crippen LogP contribution in [0.4, 0.5) is 0 Å². The van der Waals surface area contributed by atoms with Crippen molar-refractivity contribution in [3.8, 4) is 5.75 Å². The summed E-state index contributed by atoms with van der Waals surface area (Å²) < 4.78 is 16.4. The molecule has 0 amide bonds. The first-order chi connectivity index (χ1) is 11.6. The monoisotopic (exact) mass is 330 g/mol. The van der Waals surface area contributed by atoms with Crippen molar-refractivity contribution in [3.05, 3.63) is 39.2 Å². The zero-order valence-electron chi connectivity index (χ0n) is 14.3. The van der Waals surface area contributed by atoms with Crippen molar-refractivity contribution in [2.24, 2.45) is 0 Å². The van der Waals surface area contributed by atoms with Crippen molar-refractivity contribution in [2.45, 2.75) is 52.6 Å². The lowest BCUT2D eigenvalue weighted by Gasteiger charge is -2.18. The fraction of sp³-hybridized carbons (Fsp3) is 0.474. The van der Waals surface area contributed by atoms with E-state index in [1.165, 1.54) is 0 Å². The Bertz CT molecular complexity index is 834. The Morgan fingerprint density at radius 3 is 2.71 bits per heavy atom. The van der Waals surface area contributed by atoms with E-state index in [1.54, 1.807) is 6.92 Å². The van der Waals surface area contributed by atoms with E-state index in [4.69, 9.17) is 13.9 Å². The number of benzene rings is 1. The molecule has 0 aliphatic heterocycles. The van der Waals surface area contributed by atoms with Crippen molar-refractivity contribution in [3.63, 3.8) is 0 Å². The van der Waals surface area contributed by atoms with Crippen LogP contribution in [0.2, 0.25) is 0 Å². The molecule has 0 radical (unpaired) electrons. The maximum atomic E-state index is 12.2. The summed E-state index contributed by atoms with van der Waals surface area (Å²) in [5.41, 5.74) is 2.92. The number of ether oxygens (including phenoxy) is 2. The van der Waals surface area contributed by atoms with Gasteiger partial charge in [0.15, 0.2) is 6.10 Å². The van der Waals surface area contributed by atoms with Gasteiger partial charge in [-0.3, -0.25) is 0 Å². The van der Waals surface area contributed by atoms with Crippen LogP contribution >= 0.6 is 0 Å². The fourth-order valence-corrected chi connectivity index (χ4v) is 3.28.